The number of nitrogens with zero attached hydrogens (tertiary/aromatic N) is 3. The van der Waals surface area contributed by atoms with Crippen molar-refractivity contribution in [3.8, 4) is 6.07 Å². The van der Waals surface area contributed by atoms with E-state index in [1.54, 1.807) is 30.5 Å². The van der Waals surface area contributed by atoms with Gasteiger partial charge in [-0.15, -0.1) is 0 Å². The maximum Gasteiger partial charge on any atom is 0.244 e. The van der Waals surface area contributed by atoms with Crippen molar-refractivity contribution in [3.05, 3.63) is 42.5 Å². The van der Waals surface area contributed by atoms with E-state index in [0.717, 1.165) is 0 Å². The number of rotatable bonds is 3. The molecule has 0 fully saturated rings. The van der Waals surface area contributed by atoms with Gasteiger partial charge in [-0.3, -0.25) is 4.79 Å². The second kappa shape index (κ2) is 5.01. The Morgan fingerprint density at radius 1 is 1.56 bits per heavy atom. The van der Waals surface area contributed by atoms with Crippen molar-refractivity contribution in [2.75, 3.05) is 11.1 Å². The smallest absolute Gasteiger partial charge is 0.244 e. The molecule has 6 heteroatoms. The summed E-state index contributed by atoms with van der Waals surface area (Å²) in [5.41, 5.74) is 6.81. The van der Waals surface area contributed by atoms with Crippen LogP contribution in [-0.4, -0.2) is 15.5 Å². The van der Waals surface area contributed by atoms with Gasteiger partial charge in [-0.2, -0.15) is 5.26 Å². The van der Waals surface area contributed by atoms with Crippen LogP contribution in [0, 0.1) is 11.3 Å². The van der Waals surface area contributed by atoms with Gasteiger partial charge in [-0.25, -0.2) is 4.98 Å². The van der Waals surface area contributed by atoms with E-state index in [1.807, 2.05) is 6.07 Å². The zero-order valence-corrected chi connectivity index (χ0v) is 9.50. The summed E-state index contributed by atoms with van der Waals surface area (Å²) in [6, 6.07) is 8.80. The SMILES string of the molecule is N#Cc1nccn1CC(=O)Nc1cccc(N)c1. The lowest BCUT2D eigenvalue weighted by Crippen LogP contribution is -2.19. The standard InChI is InChI=1S/C12H11N5O/c13-7-11-15-4-5-17(11)8-12(18)16-10-3-1-2-9(14)6-10/h1-6H,8,14H2,(H,16,18). The molecule has 0 saturated heterocycles. The molecule has 0 saturated carbocycles. The van der Waals surface area contributed by atoms with Gasteiger partial charge < -0.3 is 15.6 Å². The Labute approximate surface area is 104 Å². The summed E-state index contributed by atoms with van der Waals surface area (Å²) in [6.45, 7) is 0.0394. The van der Waals surface area contributed by atoms with E-state index in [0.29, 0.717) is 11.4 Å². The van der Waals surface area contributed by atoms with E-state index in [9.17, 15) is 4.79 Å². The highest BCUT2D eigenvalue weighted by molar-refractivity contribution is 5.91. The minimum absolute atomic E-state index is 0.0394. The van der Waals surface area contributed by atoms with Crippen LogP contribution in [0.3, 0.4) is 0 Å². The summed E-state index contributed by atoms with van der Waals surface area (Å²) in [5.74, 6) is -0.0344. The summed E-state index contributed by atoms with van der Waals surface area (Å²) >= 11 is 0. The normalized spacial score (nSPS) is 9.72. The maximum atomic E-state index is 11.7. The fourth-order valence-electron chi connectivity index (χ4n) is 1.52. The molecule has 1 aromatic heterocycles. The second-order valence-electron chi connectivity index (χ2n) is 3.66. The fraction of sp³-hybridized carbons (Fsp3) is 0.0833. The van der Waals surface area contributed by atoms with E-state index in [4.69, 9.17) is 11.0 Å². The summed E-state index contributed by atoms with van der Waals surface area (Å²) in [5, 5.41) is 11.5. The monoisotopic (exact) mass is 241 g/mol. The number of nitriles is 1. The molecule has 90 valence electrons. The van der Waals surface area contributed by atoms with Crippen LogP contribution in [-0.2, 0) is 11.3 Å². The zero-order valence-electron chi connectivity index (χ0n) is 9.50. The third kappa shape index (κ3) is 2.65. The van der Waals surface area contributed by atoms with Crippen molar-refractivity contribution < 1.29 is 4.79 Å². The number of hydrogen-bond donors (Lipinski definition) is 2. The molecule has 1 aromatic carbocycles. The highest BCUT2D eigenvalue weighted by atomic mass is 16.1. The lowest BCUT2D eigenvalue weighted by atomic mass is 10.3. The molecule has 0 aliphatic carbocycles. The lowest BCUT2D eigenvalue weighted by molar-refractivity contribution is -0.116. The van der Waals surface area contributed by atoms with E-state index in [2.05, 4.69) is 10.3 Å². The van der Waals surface area contributed by atoms with Gasteiger partial charge >= 0.3 is 0 Å². The zero-order chi connectivity index (χ0) is 13.0. The van der Waals surface area contributed by atoms with Gasteiger partial charge in [0.1, 0.15) is 12.6 Å². The van der Waals surface area contributed by atoms with E-state index in [-0.39, 0.29) is 18.3 Å². The molecule has 0 radical (unpaired) electrons. The highest BCUT2D eigenvalue weighted by Crippen LogP contribution is 2.11. The molecule has 0 unspecified atom stereocenters. The summed E-state index contributed by atoms with van der Waals surface area (Å²) in [7, 11) is 0. The van der Waals surface area contributed by atoms with Gasteiger partial charge in [0.25, 0.3) is 0 Å². The quantitative estimate of drug-likeness (QED) is 0.782. The molecule has 2 aromatic rings. The molecule has 0 aliphatic heterocycles. The van der Waals surface area contributed by atoms with Crippen LogP contribution in [0.5, 0.6) is 0 Å². The number of aromatic nitrogens is 2. The Kier molecular flexibility index (Phi) is 3.25. The molecule has 1 amide bonds. The van der Waals surface area contributed by atoms with E-state index in [1.165, 1.54) is 10.8 Å². The van der Waals surface area contributed by atoms with Gasteiger partial charge in [-0.05, 0) is 18.2 Å². The Bertz CT molecular complexity index is 611. The Morgan fingerprint density at radius 3 is 3.11 bits per heavy atom. The third-order valence-electron chi connectivity index (χ3n) is 2.30. The number of carbonyl (C=O) groups is 1. The Balaban J connectivity index is 2.04. The van der Waals surface area contributed by atoms with Crippen molar-refractivity contribution in [2.45, 2.75) is 6.54 Å². The molecule has 0 spiro atoms. The molecule has 6 nitrogen and oxygen atoms in total. The van der Waals surface area contributed by atoms with Crippen LogP contribution in [0.1, 0.15) is 5.82 Å². The van der Waals surface area contributed by atoms with Crippen molar-refractivity contribution in [1.29, 1.82) is 5.26 Å². The Morgan fingerprint density at radius 2 is 2.39 bits per heavy atom. The van der Waals surface area contributed by atoms with Gasteiger partial charge in [-0.1, -0.05) is 6.07 Å². The molecular weight excluding hydrogens is 230 g/mol. The van der Waals surface area contributed by atoms with E-state index < -0.39 is 0 Å². The number of nitrogens with two attached hydrogens (primary N) is 1. The molecule has 0 bridgehead atoms. The number of imidazole rings is 1. The van der Waals surface area contributed by atoms with Crippen molar-refractivity contribution >= 4 is 17.3 Å². The molecule has 3 N–H and O–H groups in total. The van der Waals surface area contributed by atoms with Crippen molar-refractivity contribution in [3.63, 3.8) is 0 Å². The summed E-state index contributed by atoms with van der Waals surface area (Å²) < 4.78 is 1.47. The molecule has 2 rings (SSSR count). The third-order valence-corrected chi connectivity index (χ3v) is 2.30. The predicted molar refractivity (Wildman–Crippen MR) is 66.4 cm³/mol. The van der Waals surface area contributed by atoms with Gasteiger partial charge in [0, 0.05) is 23.8 Å². The van der Waals surface area contributed by atoms with Crippen LogP contribution in [0.25, 0.3) is 0 Å². The first-order chi connectivity index (χ1) is 8.69. The molecule has 18 heavy (non-hydrogen) atoms. The average Bonchev–Trinajstić information content (AvgIpc) is 2.76. The van der Waals surface area contributed by atoms with E-state index >= 15 is 0 Å². The van der Waals surface area contributed by atoms with Gasteiger partial charge in [0.05, 0.1) is 0 Å². The number of nitrogens with one attached hydrogen (secondary N) is 1. The van der Waals surface area contributed by atoms with Crippen LogP contribution >= 0.6 is 0 Å². The van der Waals surface area contributed by atoms with Crippen LogP contribution in [0.15, 0.2) is 36.7 Å². The van der Waals surface area contributed by atoms with Crippen LogP contribution < -0.4 is 11.1 Å². The molecule has 1 heterocycles. The number of carbonyl (C=O) groups excluding carboxylic acids is 1. The first-order valence-electron chi connectivity index (χ1n) is 5.25. The molecular formula is C12H11N5O. The van der Waals surface area contributed by atoms with Gasteiger partial charge in [0.2, 0.25) is 11.7 Å². The number of nitrogen functional groups attached to an aromatic ring is 1. The minimum atomic E-state index is -0.241. The summed E-state index contributed by atoms with van der Waals surface area (Å²) in [4.78, 5) is 15.6. The topological polar surface area (TPSA) is 96.7 Å². The highest BCUT2D eigenvalue weighted by Gasteiger charge is 2.07. The molecule has 0 atom stereocenters. The predicted octanol–water partition coefficient (Wildman–Crippen LogP) is 0.976. The number of hydrogen-bond acceptors (Lipinski definition) is 4. The van der Waals surface area contributed by atoms with Crippen molar-refractivity contribution in [2.24, 2.45) is 0 Å². The Hall–Kier alpha value is -2.81. The minimum Gasteiger partial charge on any atom is -0.399 e. The largest absolute Gasteiger partial charge is 0.399 e. The fourth-order valence-corrected chi connectivity index (χ4v) is 1.52. The second-order valence-corrected chi connectivity index (χ2v) is 3.66. The van der Waals surface area contributed by atoms with Gasteiger partial charge in [0.15, 0.2) is 0 Å². The number of anilines is 2. The number of amides is 1. The van der Waals surface area contributed by atoms with Crippen molar-refractivity contribution in [1.82, 2.24) is 9.55 Å². The molecule has 0 aliphatic rings. The summed E-state index contributed by atoms with van der Waals surface area (Å²) in [6.07, 6.45) is 3.06. The lowest BCUT2D eigenvalue weighted by Gasteiger charge is -2.06. The maximum absolute atomic E-state index is 11.7. The first-order valence-corrected chi connectivity index (χ1v) is 5.25. The van der Waals surface area contributed by atoms with Crippen LogP contribution in [0.2, 0.25) is 0 Å². The van der Waals surface area contributed by atoms with Crippen LogP contribution in [0.4, 0.5) is 11.4 Å². The number of benzene rings is 1. The average molecular weight is 241 g/mol. The first kappa shape index (κ1) is 11.7.